The number of carboxylic acids is 3. The minimum absolute atomic E-state index is 0.279. The van der Waals surface area contributed by atoms with Gasteiger partial charge in [-0.05, 0) is 12.1 Å². The van der Waals surface area contributed by atoms with Crippen molar-refractivity contribution in [3.8, 4) is 0 Å². The lowest BCUT2D eigenvalue weighted by Gasteiger charge is -2.10. The Kier molecular flexibility index (Phi) is 4.50. The van der Waals surface area contributed by atoms with Crippen molar-refractivity contribution in [2.75, 3.05) is 0 Å². The van der Waals surface area contributed by atoms with Crippen LogP contribution < -0.4 is 0 Å². The van der Waals surface area contributed by atoms with Gasteiger partial charge >= 0.3 is 17.9 Å². The lowest BCUT2D eigenvalue weighted by Crippen LogP contribution is -2.33. The van der Waals surface area contributed by atoms with Crippen LogP contribution in [-0.4, -0.2) is 46.9 Å². The van der Waals surface area contributed by atoms with Gasteiger partial charge in [-0.15, -0.1) is 0 Å². The van der Waals surface area contributed by atoms with Crippen LogP contribution in [0.2, 0.25) is 0 Å². The summed E-state index contributed by atoms with van der Waals surface area (Å²) in [5, 5.41) is 23.7. The molecule has 1 atom stereocenters. The van der Waals surface area contributed by atoms with E-state index in [2.05, 4.69) is 0 Å². The van der Waals surface area contributed by atoms with Gasteiger partial charge in [0.1, 0.15) is 11.5 Å². The van der Waals surface area contributed by atoms with Gasteiger partial charge in [-0.3, -0.25) is 9.59 Å². The summed E-state index contributed by atoms with van der Waals surface area (Å²) >= 11 is 0. The van der Waals surface area contributed by atoms with E-state index in [1.807, 2.05) is 0 Å². The molecule has 0 fully saturated rings. The van der Waals surface area contributed by atoms with Crippen molar-refractivity contribution < 1.29 is 42.5 Å². The second-order valence-corrected chi connectivity index (χ2v) is 5.99. The van der Waals surface area contributed by atoms with Gasteiger partial charge in [0.15, 0.2) is 15.1 Å². The van der Waals surface area contributed by atoms with Crippen LogP contribution >= 0.6 is 0 Å². The van der Waals surface area contributed by atoms with Crippen LogP contribution in [0.1, 0.15) is 22.7 Å². The third-order valence-electron chi connectivity index (χ3n) is 2.28. The topological polar surface area (TPSA) is 159 Å². The highest BCUT2D eigenvalue weighted by Gasteiger charge is 2.35. The maximum atomic E-state index is 11.8. The Morgan fingerprint density at radius 1 is 1.15 bits per heavy atom. The van der Waals surface area contributed by atoms with E-state index in [9.17, 15) is 22.8 Å². The lowest BCUT2D eigenvalue weighted by molar-refractivity contribution is -0.143. The van der Waals surface area contributed by atoms with Crippen LogP contribution in [0.4, 0.5) is 0 Å². The van der Waals surface area contributed by atoms with E-state index in [0.717, 1.165) is 12.1 Å². The first-order valence-corrected chi connectivity index (χ1v) is 6.83. The maximum absolute atomic E-state index is 11.8. The highest BCUT2D eigenvalue weighted by molar-refractivity contribution is 7.92. The zero-order valence-electron chi connectivity index (χ0n) is 9.85. The molecule has 110 valence electrons. The Morgan fingerprint density at radius 2 is 1.75 bits per heavy atom. The number of sulfone groups is 1. The van der Waals surface area contributed by atoms with Gasteiger partial charge in [0.25, 0.3) is 0 Å². The molecule has 0 saturated carbocycles. The largest absolute Gasteiger partial charge is 0.481 e. The summed E-state index contributed by atoms with van der Waals surface area (Å²) in [6.45, 7) is 0. The SMILES string of the molecule is O=C(O)C[C@@H](C(=O)O)S(=O)(=O)Cc1ccc(C(=O)O)o1. The first-order chi connectivity index (χ1) is 9.13. The molecule has 0 radical (unpaired) electrons. The number of hydrogen-bond donors (Lipinski definition) is 3. The van der Waals surface area contributed by atoms with Crippen LogP contribution in [0.5, 0.6) is 0 Å². The predicted octanol–water partition coefficient (Wildman–Crippen LogP) is -0.179. The summed E-state index contributed by atoms with van der Waals surface area (Å²) in [6, 6.07) is 2.08. The molecule has 1 aromatic rings. The van der Waals surface area contributed by atoms with Crippen LogP contribution in [0.3, 0.4) is 0 Å². The smallest absolute Gasteiger partial charge is 0.371 e. The zero-order chi connectivity index (χ0) is 15.5. The van der Waals surface area contributed by atoms with Crippen molar-refractivity contribution in [2.45, 2.75) is 17.4 Å². The highest BCUT2D eigenvalue weighted by Crippen LogP contribution is 2.17. The standard InChI is InChI=1S/C10H10O9S/c11-8(12)3-7(10(15)16)20(17,18)4-5-1-2-6(19-5)9(13)14/h1-2,7H,3-4H2,(H,11,12)(H,13,14)(H,15,16)/t7-/m0/s1. The molecule has 1 aromatic heterocycles. The highest BCUT2D eigenvalue weighted by atomic mass is 32.2. The van der Waals surface area contributed by atoms with Crippen molar-refractivity contribution in [3.63, 3.8) is 0 Å². The summed E-state index contributed by atoms with van der Waals surface area (Å²) in [5.41, 5.74) is 0. The van der Waals surface area contributed by atoms with E-state index in [0.29, 0.717) is 0 Å². The number of aromatic carboxylic acids is 1. The molecule has 1 rings (SSSR count). The summed E-state index contributed by atoms with van der Waals surface area (Å²) in [4.78, 5) is 31.8. The molecule has 20 heavy (non-hydrogen) atoms. The molecule has 9 nitrogen and oxygen atoms in total. The zero-order valence-corrected chi connectivity index (χ0v) is 10.7. The summed E-state index contributed by atoms with van der Waals surface area (Å²) < 4.78 is 28.3. The number of carboxylic acid groups (broad SMARTS) is 3. The average Bonchev–Trinajstić information content (AvgIpc) is 2.72. The van der Waals surface area contributed by atoms with Gasteiger partial charge in [0.05, 0.1) is 6.42 Å². The third kappa shape index (κ3) is 3.82. The molecule has 0 aliphatic heterocycles. The van der Waals surface area contributed by atoms with E-state index in [-0.39, 0.29) is 5.76 Å². The van der Waals surface area contributed by atoms with Gasteiger partial charge in [0, 0.05) is 0 Å². The van der Waals surface area contributed by atoms with Gasteiger partial charge in [-0.1, -0.05) is 0 Å². The first kappa shape index (κ1) is 15.7. The van der Waals surface area contributed by atoms with Crippen LogP contribution in [0.15, 0.2) is 16.5 Å². The number of rotatable bonds is 7. The molecule has 0 aliphatic rings. The maximum Gasteiger partial charge on any atom is 0.371 e. The Bertz CT molecular complexity index is 639. The molecule has 0 aliphatic carbocycles. The lowest BCUT2D eigenvalue weighted by atomic mass is 10.3. The Labute approximate surface area is 112 Å². The Hall–Kier alpha value is -2.36. The minimum atomic E-state index is -4.35. The molecule has 0 saturated heterocycles. The van der Waals surface area contributed by atoms with E-state index >= 15 is 0 Å². The second-order valence-electron chi connectivity index (χ2n) is 3.80. The molecule has 0 spiro atoms. The fourth-order valence-corrected chi connectivity index (χ4v) is 2.85. The molecule has 10 heteroatoms. The van der Waals surface area contributed by atoms with Gasteiger partial charge in [-0.25, -0.2) is 13.2 Å². The van der Waals surface area contributed by atoms with E-state index in [4.69, 9.17) is 19.7 Å². The number of hydrogen-bond acceptors (Lipinski definition) is 6. The average molecular weight is 306 g/mol. The fraction of sp³-hybridized carbons (Fsp3) is 0.300. The number of carbonyl (C=O) groups is 3. The molecule has 0 bridgehead atoms. The number of furan rings is 1. The predicted molar refractivity (Wildman–Crippen MR) is 62.0 cm³/mol. The van der Waals surface area contributed by atoms with Crippen molar-refractivity contribution in [3.05, 3.63) is 23.7 Å². The second kappa shape index (κ2) is 5.74. The molecule has 0 amide bonds. The van der Waals surface area contributed by atoms with Gasteiger partial charge in [0.2, 0.25) is 5.76 Å². The Morgan fingerprint density at radius 3 is 2.15 bits per heavy atom. The fourth-order valence-electron chi connectivity index (χ4n) is 1.40. The molecule has 3 N–H and O–H groups in total. The van der Waals surface area contributed by atoms with E-state index < -0.39 is 50.9 Å². The minimum Gasteiger partial charge on any atom is -0.481 e. The molecule has 0 unspecified atom stereocenters. The third-order valence-corrected chi connectivity index (χ3v) is 4.21. The van der Waals surface area contributed by atoms with Crippen LogP contribution in [0, 0.1) is 0 Å². The molecular weight excluding hydrogens is 296 g/mol. The molecule has 1 heterocycles. The van der Waals surface area contributed by atoms with Crippen LogP contribution in [-0.2, 0) is 25.2 Å². The van der Waals surface area contributed by atoms with Gasteiger partial charge < -0.3 is 19.7 Å². The van der Waals surface area contributed by atoms with Crippen molar-refractivity contribution in [2.24, 2.45) is 0 Å². The first-order valence-electron chi connectivity index (χ1n) is 5.11. The Balaban J connectivity index is 2.99. The summed E-state index contributed by atoms with van der Waals surface area (Å²) in [6.07, 6.45) is -1.09. The van der Waals surface area contributed by atoms with Gasteiger partial charge in [-0.2, -0.15) is 0 Å². The van der Waals surface area contributed by atoms with Crippen molar-refractivity contribution in [1.29, 1.82) is 0 Å². The van der Waals surface area contributed by atoms with Crippen molar-refractivity contribution >= 4 is 27.7 Å². The molecule has 0 aromatic carbocycles. The van der Waals surface area contributed by atoms with Crippen molar-refractivity contribution in [1.82, 2.24) is 0 Å². The summed E-state index contributed by atoms with van der Waals surface area (Å²) in [7, 11) is -4.35. The summed E-state index contributed by atoms with van der Waals surface area (Å²) in [5.74, 6) is -6.46. The number of aliphatic carboxylic acids is 2. The monoisotopic (exact) mass is 306 g/mol. The quantitative estimate of drug-likeness (QED) is 0.620. The van der Waals surface area contributed by atoms with E-state index in [1.165, 1.54) is 0 Å². The van der Waals surface area contributed by atoms with Crippen LogP contribution in [0.25, 0.3) is 0 Å². The normalized spacial score (nSPS) is 12.8. The molecular formula is C10H10O9S. The van der Waals surface area contributed by atoms with E-state index in [1.54, 1.807) is 0 Å².